The summed E-state index contributed by atoms with van der Waals surface area (Å²) in [5.74, 6) is 2.40. The highest BCUT2D eigenvalue weighted by Gasteiger charge is 2.29. The fourth-order valence-electron chi connectivity index (χ4n) is 3.49. The van der Waals surface area contributed by atoms with Gasteiger partial charge in [-0.2, -0.15) is 0 Å². The number of ether oxygens (including phenoxy) is 3. The van der Waals surface area contributed by atoms with E-state index in [1.54, 1.807) is 14.2 Å². The average Bonchev–Trinajstić information content (AvgIpc) is 2.65. The summed E-state index contributed by atoms with van der Waals surface area (Å²) in [4.78, 5) is 0. The minimum Gasteiger partial charge on any atom is -0.496 e. The van der Waals surface area contributed by atoms with Crippen LogP contribution in [0.2, 0.25) is 0 Å². The lowest BCUT2D eigenvalue weighted by Crippen LogP contribution is -2.21. The van der Waals surface area contributed by atoms with Crippen LogP contribution in [0.1, 0.15) is 49.5 Å². The highest BCUT2D eigenvalue weighted by Crippen LogP contribution is 2.46. The molecular weight excluding hydrogens is 328 g/mol. The van der Waals surface area contributed by atoms with E-state index in [0.29, 0.717) is 12.8 Å². The van der Waals surface area contributed by atoms with Crippen LogP contribution < -0.4 is 14.2 Å². The molecule has 2 aromatic carbocycles. The predicted molar refractivity (Wildman–Crippen MR) is 102 cm³/mol. The summed E-state index contributed by atoms with van der Waals surface area (Å²) in [6, 6.07) is 12.2. The molecule has 1 unspecified atom stereocenters. The molecule has 1 heterocycles. The molecule has 0 saturated carbocycles. The van der Waals surface area contributed by atoms with E-state index >= 15 is 0 Å². The van der Waals surface area contributed by atoms with Gasteiger partial charge in [-0.1, -0.05) is 30.3 Å². The molecule has 140 valence electrons. The average molecular weight is 356 g/mol. The van der Waals surface area contributed by atoms with Crippen LogP contribution in [0.25, 0.3) is 0 Å². The summed E-state index contributed by atoms with van der Waals surface area (Å²) in [7, 11) is 3.33. The second-order valence-corrected chi connectivity index (χ2v) is 7.44. The quantitative estimate of drug-likeness (QED) is 0.829. The summed E-state index contributed by atoms with van der Waals surface area (Å²) >= 11 is 0. The zero-order valence-electron chi connectivity index (χ0n) is 16.0. The maximum Gasteiger partial charge on any atom is 0.134 e. The molecule has 26 heavy (non-hydrogen) atoms. The lowest BCUT2D eigenvalue weighted by atomic mass is 9.91. The molecule has 0 saturated heterocycles. The summed E-state index contributed by atoms with van der Waals surface area (Å²) in [6.07, 6.45) is 3.12. The standard InChI is InChI=1S/C22H28O4/c1-22(2,23)13-12-17-20(25-4)14-19(24-3)16-10-11-18(26-21(16)17)15-8-6-5-7-9-15/h5-9,14,18,23H,10-13H2,1-4H3. The Balaban J connectivity index is 2.01. The first kappa shape index (κ1) is 18.6. The first-order valence-corrected chi connectivity index (χ1v) is 9.13. The summed E-state index contributed by atoms with van der Waals surface area (Å²) < 4.78 is 17.7. The second kappa shape index (κ2) is 7.58. The second-order valence-electron chi connectivity index (χ2n) is 7.44. The molecule has 4 heteroatoms. The number of hydrogen-bond acceptors (Lipinski definition) is 4. The van der Waals surface area contributed by atoms with Gasteiger partial charge in [0.25, 0.3) is 0 Å². The number of hydrogen-bond donors (Lipinski definition) is 1. The van der Waals surface area contributed by atoms with Crippen molar-refractivity contribution in [1.29, 1.82) is 0 Å². The van der Waals surface area contributed by atoms with Gasteiger partial charge in [-0.05, 0) is 45.1 Å². The third-order valence-corrected chi connectivity index (χ3v) is 4.92. The van der Waals surface area contributed by atoms with E-state index in [1.165, 1.54) is 5.56 Å². The topological polar surface area (TPSA) is 47.9 Å². The smallest absolute Gasteiger partial charge is 0.134 e. The zero-order chi connectivity index (χ0) is 18.7. The van der Waals surface area contributed by atoms with Gasteiger partial charge in [-0.15, -0.1) is 0 Å². The van der Waals surface area contributed by atoms with Gasteiger partial charge < -0.3 is 19.3 Å². The first-order chi connectivity index (χ1) is 12.4. The number of aliphatic hydroxyl groups is 1. The highest BCUT2D eigenvalue weighted by molar-refractivity contribution is 5.58. The van der Waals surface area contributed by atoms with Crippen molar-refractivity contribution in [1.82, 2.24) is 0 Å². The third-order valence-electron chi connectivity index (χ3n) is 4.92. The molecular formula is C22H28O4. The van der Waals surface area contributed by atoms with Crippen LogP contribution in [0.5, 0.6) is 17.2 Å². The van der Waals surface area contributed by atoms with Gasteiger partial charge in [0.1, 0.15) is 23.4 Å². The van der Waals surface area contributed by atoms with E-state index in [2.05, 4.69) is 12.1 Å². The van der Waals surface area contributed by atoms with Gasteiger partial charge in [-0.25, -0.2) is 0 Å². The van der Waals surface area contributed by atoms with Crippen molar-refractivity contribution in [2.75, 3.05) is 14.2 Å². The molecule has 0 amide bonds. The lowest BCUT2D eigenvalue weighted by molar-refractivity contribution is 0.0707. The zero-order valence-corrected chi connectivity index (χ0v) is 16.0. The van der Waals surface area contributed by atoms with Gasteiger partial charge in [0.05, 0.1) is 19.8 Å². The summed E-state index contributed by atoms with van der Waals surface area (Å²) in [5.41, 5.74) is 2.52. The molecule has 0 radical (unpaired) electrons. The Morgan fingerprint density at radius 3 is 2.42 bits per heavy atom. The Labute approximate surface area is 155 Å². The number of methoxy groups -OCH3 is 2. The fraction of sp³-hybridized carbons (Fsp3) is 0.455. The molecule has 3 rings (SSSR count). The van der Waals surface area contributed by atoms with Crippen LogP contribution in [0.15, 0.2) is 36.4 Å². The van der Waals surface area contributed by atoms with Crippen molar-refractivity contribution in [2.45, 2.75) is 51.2 Å². The molecule has 1 aliphatic rings. The number of fused-ring (bicyclic) bond motifs is 1. The van der Waals surface area contributed by atoms with E-state index in [4.69, 9.17) is 14.2 Å². The van der Waals surface area contributed by atoms with Crippen molar-refractivity contribution >= 4 is 0 Å². The first-order valence-electron chi connectivity index (χ1n) is 9.13. The van der Waals surface area contributed by atoms with E-state index in [0.717, 1.165) is 41.2 Å². The molecule has 4 nitrogen and oxygen atoms in total. The number of benzene rings is 2. The monoisotopic (exact) mass is 356 g/mol. The fourth-order valence-corrected chi connectivity index (χ4v) is 3.49. The predicted octanol–water partition coefficient (Wildman–Crippen LogP) is 4.47. The highest BCUT2D eigenvalue weighted by atomic mass is 16.5. The van der Waals surface area contributed by atoms with Crippen LogP contribution in [0, 0.1) is 0 Å². The van der Waals surface area contributed by atoms with Crippen molar-refractivity contribution in [3.8, 4) is 17.2 Å². The van der Waals surface area contributed by atoms with Gasteiger partial charge in [-0.3, -0.25) is 0 Å². The minimum absolute atomic E-state index is 0.0152. The van der Waals surface area contributed by atoms with Gasteiger partial charge in [0, 0.05) is 17.2 Å². The van der Waals surface area contributed by atoms with Crippen LogP contribution >= 0.6 is 0 Å². The molecule has 0 spiro atoms. The van der Waals surface area contributed by atoms with E-state index < -0.39 is 5.60 Å². The molecule has 0 aliphatic carbocycles. The largest absolute Gasteiger partial charge is 0.496 e. The maximum absolute atomic E-state index is 10.2. The van der Waals surface area contributed by atoms with Crippen LogP contribution in [0.4, 0.5) is 0 Å². The van der Waals surface area contributed by atoms with E-state index in [-0.39, 0.29) is 6.10 Å². The van der Waals surface area contributed by atoms with Crippen LogP contribution in [-0.4, -0.2) is 24.9 Å². The summed E-state index contributed by atoms with van der Waals surface area (Å²) in [5, 5.41) is 10.2. The Hall–Kier alpha value is -2.20. The van der Waals surface area contributed by atoms with Crippen LogP contribution in [0.3, 0.4) is 0 Å². The molecule has 0 aromatic heterocycles. The van der Waals surface area contributed by atoms with E-state index in [9.17, 15) is 5.11 Å². The van der Waals surface area contributed by atoms with Crippen molar-refractivity contribution < 1.29 is 19.3 Å². The van der Waals surface area contributed by atoms with Gasteiger partial charge >= 0.3 is 0 Å². The molecule has 1 atom stereocenters. The Bertz CT molecular complexity index is 747. The minimum atomic E-state index is -0.745. The SMILES string of the molecule is COc1cc(OC)c(CCC(C)(C)O)c2c1CCC(c1ccccc1)O2. The lowest BCUT2D eigenvalue weighted by Gasteiger charge is -2.31. The summed E-state index contributed by atoms with van der Waals surface area (Å²) in [6.45, 7) is 3.64. The molecule has 1 aliphatic heterocycles. The normalized spacial score (nSPS) is 16.6. The Kier molecular flexibility index (Phi) is 5.42. The van der Waals surface area contributed by atoms with Gasteiger partial charge in [0.15, 0.2) is 0 Å². The van der Waals surface area contributed by atoms with Gasteiger partial charge in [0.2, 0.25) is 0 Å². The number of rotatable bonds is 6. The maximum atomic E-state index is 10.2. The van der Waals surface area contributed by atoms with Crippen molar-refractivity contribution in [2.24, 2.45) is 0 Å². The van der Waals surface area contributed by atoms with Crippen LogP contribution in [-0.2, 0) is 12.8 Å². The molecule has 1 N–H and O–H groups in total. The van der Waals surface area contributed by atoms with Crippen molar-refractivity contribution in [3.63, 3.8) is 0 Å². The van der Waals surface area contributed by atoms with Crippen molar-refractivity contribution in [3.05, 3.63) is 53.1 Å². The molecule has 0 fully saturated rings. The Morgan fingerprint density at radius 2 is 1.81 bits per heavy atom. The Morgan fingerprint density at radius 1 is 1.12 bits per heavy atom. The third kappa shape index (κ3) is 3.96. The molecule has 0 bridgehead atoms. The molecule has 2 aromatic rings. The van der Waals surface area contributed by atoms with E-state index in [1.807, 2.05) is 38.1 Å².